The minimum Gasteiger partial charge on any atom is -0.462 e. The zero-order valence-corrected chi connectivity index (χ0v) is 8.67. The molecule has 0 saturated heterocycles. The molecule has 2 aliphatic rings. The number of fused-ring (bicyclic) bond motifs is 2. The molecule has 13 heavy (non-hydrogen) atoms. The van der Waals surface area contributed by atoms with E-state index in [1.54, 1.807) is 0 Å². The first-order chi connectivity index (χ1) is 5.99. The fourth-order valence-electron chi connectivity index (χ4n) is 3.14. The maximum atomic E-state index is 10.8. The van der Waals surface area contributed by atoms with Crippen LogP contribution in [0.1, 0.15) is 40.0 Å². The van der Waals surface area contributed by atoms with E-state index in [0.29, 0.717) is 11.3 Å². The van der Waals surface area contributed by atoms with E-state index in [0.717, 1.165) is 12.3 Å². The molecule has 3 unspecified atom stereocenters. The third-order valence-corrected chi connectivity index (χ3v) is 3.84. The van der Waals surface area contributed by atoms with Crippen molar-refractivity contribution in [3.63, 3.8) is 0 Å². The molecule has 2 heteroatoms. The van der Waals surface area contributed by atoms with Gasteiger partial charge in [-0.15, -0.1) is 0 Å². The van der Waals surface area contributed by atoms with E-state index in [4.69, 9.17) is 4.74 Å². The molecule has 0 N–H and O–H groups in total. The minimum absolute atomic E-state index is 0.115. The molecule has 2 saturated carbocycles. The van der Waals surface area contributed by atoms with Crippen molar-refractivity contribution >= 4 is 5.97 Å². The molecule has 2 aliphatic carbocycles. The second kappa shape index (κ2) is 2.73. The maximum Gasteiger partial charge on any atom is 0.302 e. The van der Waals surface area contributed by atoms with Gasteiger partial charge in [-0.05, 0) is 36.5 Å². The van der Waals surface area contributed by atoms with Gasteiger partial charge < -0.3 is 4.74 Å². The van der Waals surface area contributed by atoms with Crippen molar-refractivity contribution < 1.29 is 9.53 Å². The van der Waals surface area contributed by atoms with Crippen LogP contribution in [0.2, 0.25) is 0 Å². The quantitative estimate of drug-likeness (QED) is 0.582. The molecule has 2 fully saturated rings. The average molecular weight is 182 g/mol. The molecule has 0 aromatic carbocycles. The van der Waals surface area contributed by atoms with E-state index in [-0.39, 0.29) is 12.1 Å². The molecule has 74 valence electrons. The number of hydrogen-bond donors (Lipinski definition) is 0. The fraction of sp³-hybridized carbons (Fsp3) is 0.909. The number of carbonyl (C=O) groups is 1. The summed E-state index contributed by atoms with van der Waals surface area (Å²) in [5, 5.41) is 0. The summed E-state index contributed by atoms with van der Waals surface area (Å²) in [5.41, 5.74) is 0.487. The van der Waals surface area contributed by atoms with E-state index in [1.807, 2.05) is 0 Å². The molecule has 0 radical (unpaired) electrons. The van der Waals surface area contributed by atoms with Crippen LogP contribution in [-0.2, 0) is 9.53 Å². The van der Waals surface area contributed by atoms with Crippen molar-refractivity contribution in [1.82, 2.24) is 0 Å². The zero-order valence-electron chi connectivity index (χ0n) is 8.67. The Morgan fingerprint density at radius 1 is 1.38 bits per heavy atom. The molecular formula is C11H18O2. The summed E-state index contributed by atoms with van der Waals surface area (Å²) in [4.78, 5) is 10.8. The third kappa shape index (κ3) is 1.47. The van der Waals surface area contributed by atoms with Gasteiger partial charge in [0, 0.05) is 6.92 Å². The number of esters is 1. The summed E-state index contributed by atoms with van der Waals surface area (Å²) in [6.07, 6.45) is 3.83. The lowest BCUT2D eigenvalue weighted by atomic mass is 9.76. The summed E-state index contributed by atoms with van der Waals surface area (Å²) in [5.74, 6) is 1.31. The Morgan fingerprint density at radius 3 is 2.46 bits per heavy atom. The van der Waals surface area contributed by atoms with Gasteiger partial charge in [-0.2, -0.15) is 0 Å². The Bertz CT molecular complexity index is 232. The number of carbonyl (C=O) groups excluding carboxylic acids is 1. The van der Waals surface area contributed by atoms with Crippen LogP contribution in [0, 0.1) is 17.3 Å². The topological polar surface area (TPSA) is 26.3 Å². The predicted octanol–water partition coefficient (Wildman–Crippen LogP) is 2.37. The Labute approximate surface area is 79.7 Å². The lowest BCUT2D eigenvalue weighted by Gasteiger charge is -2.33. The first-order valence-electron chi connectivity index (χ1n) is 5.16. The monoisotopic (exact) mass is 182 g/mol. The normalized spacial score (nSPS) is 40.7. The Kier molecular flexibility index (Phi) is 1.90. The largest absolute Gasteiger partial charge is 0.462 e. The molecular weight excluding hydrogens is 164 g/mol. The highest BCUT2D eigenvalue weighted by Crippen LogP contribution is 2.56. The highest BCUT2D eigenvalue weighted by atomic mass is 16.5. The molecule has 0 spiro atoms. The summed E-state index contributed by atoms with van der Waals surface area (Å²) < 4.78 is 5.30. The highest BCUT2D eigenvalue weighted by Gasteiger charge is 2.51. The third-order valence-electron chi connectivity index (χ3n) is 3.84. The van der Waals surface area contributed by atoms with E-state index in [1.165, 1.54) is 19.8 Å². The second-order valence-electron chi connectivity index (χ2n) is 5.27. The predicted molar refractivity (Wildman–Crippen MR) is 50.2 cm³/mol. The molecule has 0 heterocycles. The molecule has 3 atom stereocenters. The van der Waals surface area contributed by atoms with E-state index in [2.05, 4.69) is 13.8 Å². The van der Waals surface area contributed by atoms with Gasteiger partial charge in [0.2, 0.25) is 0 Å². The summed E-state index contributed by atoms with van der Waals surface area (Å²) in [7, 11) is 0. The highest BCUT2D eigenvalue weighted by molar-refractivity contribution is 5.66. The lowest BCUT2D eigenvalue weighted by Crippen LogP contribution is -2.30. The van der Waals surface area contributed by atoms with E-state index < -0.39 is 0 Å². The van der Waals surface area contributed by atoms with Gasteiger partial charge in [0.1, 0.15) is 6.10 Å². The Balaban J connectivity index is 1.99. The summed E-state index contributed by atoms with van der Waals surface area (Å²) in [6.45, 7) is 6.18. The van der Waals surface area contributed by atoms with Crippen LogP contribution in [0.25, 0.3) is 0 Å². The molecule has 2 rings (SSSR count). The van der Waals surface area contributed by atoms with Crippen LogP contribution in [0.3, 0.4) is 0 Å². The van der Waals surface area contributed by atoms with Crippen LogP contribution in [0.15, 0.2) is 0 Å². The Hall–Kier alpha value is -0.530. The average Bonchev–Trinajstić information content (AvgIpc) is 2.41. The molecule has 0 aliphatic heterocycles. The van der Waals surface area contributed by atoms with Crippen molar-refractivity contribution in [1.29, 1.82) is 0 Å². The number of rotatable bonds is 1. The molecule has 0 aromatic heterocycles. The van der Waals surface area contributed by atoms with Crippen molar-refractivity contribution in [2.24, 2.45) is 17.3 Å². The summed E-state index contributed by atoms with van der Waals surface area (Å²) >= 11 is 0. The minimum atomic E-state index is -0.115. The van der Waals surface area contributed by atoms with Crippen LogP contribution < -0.4 is 0 Å². The van der Waals surface area contributed by atoms with Gasteiger partial charge in [0.25, 0.3) is 0 Å². The van der Waals surface area contributed by atoms with Gasteiger partial charge in [0.05, 0.1) is 0 Å². The van der Waals surface area contributed by atoms with Crippen LogP contribution in [0.4, 0.5) is 0 Å². The van der Waals surface area contributed by atoms with Gasteiger partial charge in [-0.3, -0.25) is 4.79 Å². The van der Waals surface area contributed by atoms with E-state index >= 15 is 0 Å². The maximum absolute atomic E-state index is 10.8. The fourth-order valence-corrected chi connectivity index (χ4v) is 3.14. The molecule has 0 aromatic rings. The van der Waals surface area contributed by atoms with Crippen molar-refractivity contribution in [3.05, 3.63) is 0 Å². The van der Waals surface area contributed by atoms with Gasteiger partial charge in [0.15, 0.2) is 0 Å². The smallest absolute Gasteiger partial charge is 0.302 e. The molecule has 2 nitrogen and oxygen atoms in total. The second-order valence-corrected chi connectivity index (χ2v) is 5.27. The number of ether oxygens (including phenoxy) is 1. The standard InChI is InChI=1S/C11H18O2/c1-7(12)13-10-5-9-4-8(10)6-11(9,2)3/h8-10H,4-6H2,1-3H3. The lowest BCUT2D eigenvalue weighted by molar-refractivity contribution is -0.149. The SMILES string of the molecule is CC(=O)OC1CC2CC1CC2(C)C. The first-order valence-corrected chi connectivity index (χ1v) is 5.16. The molecule has 0 amide bonds. The van der Waals surface area contributed by atoms with Crippen molar-refractivity contribution in [3.8, 4) is 0 Å². The zero-order chi connectivity index (χ0) is 9.64. The van der Waals surface area contributed by atoms with Crippen molar-refractivity contribution in [2.45, 2.75) is 46.1 Å². The van der Waals surface area contributed by atoms with E-state index in [9.17, 15) is 4.79 Å². The van der Waals surface area contributed by atoms with Gasteiger partial charge in [-0.25, -0.2) is 0 Å². The van der Waals surface area contributed by atoms with Gasteiger partial charge >= 0.3 is 5.97 Å². The van der Waals surface area contributed by atoms with Gasteiger partial charge in [-0.1, -0.05) is 13.8 Å². The summed E-state index contributed by atoms with van der Waals surface area (Å²) in [6, 6.07) is 0. The Morgan fingerprint density at radius 2 is 2.08 bits per heavy atom. The first kappa shape index (κ1) is 9.04. The van der Waals surface area contributed by atoms with Crippen LogP contribution in [-0.4, -0.2) is 12.1 Å². The van der Waals surface area contributed by atoms with Crippen molar-refractivity contribution in [2.75, 3.05) is 0 Å². The van der Waals surface area contributed by atoms with Crippen LogP contribution >= 0.6 is 0 Å². The van der Waals surface area contributed by atoms with Crippen LogP contribution in [0.5, 0.6) is 0 Å². The molecule has 2 bridgehead atoms. The number of hydrogen-bond acceptors (Lipinski definition) is 2.